The Morgan fingerprint density at radius 3 is 1.90 bits per heavy atom. The van der Waals surface area contributed by atoms with Crippen LogP contribution in [0.5, 0.6) is 0 Å². The molecule has 0 bridgehead atoms. The van der Waals surface area contributed by atoms with Gasteiger partial charge in [-0.3, -0.25) is 18.8 Å². The normalized spacial score (nSPS) is 12.2. The molecule has 0 aliphatic heterocycles. The first kappa shape index (κ1) is 43.6. The molecule has 0 radical (unpaired) electrons. The van der Waals surface area contributed by atoms with E-state index in [1.807, 2.05) is 0 Å². The molecule has 0 fully saturated rings. The third kappa shape index (κ3) is 36.1. The Balaban J connectivity index is 3.30. The molecule has 1 atom stereocenters. The zero-order valence-electron chi connectivity index (χ0n) is 22.8. The number of hydrogen-bond acceptors (Lipinski definition) is 19. The minimum atomic E-state index is -1.13. The summed E-state index contributed by atoms with van der Waals surface area (Å²) in [6, 6.07) is 0. The van der Waals surface area contributed by atoms with E-state index in [0.717, 1.165) is 46.3 Å². The fourth-order valence-electron chi connectivity index (χ4n) is 1.82. The predicted molar refractivity (Wildman–Crippen MR) is 203 cm³/mol. The van der Waals surface area contributed by atoms with Crippen LogP contribution in [0, 0.1) is 0 Å². The second kappa shape index (κ2) is 37.1. The molecule has 246 valence electrons. The number of nitrogens with one attached hydrogen (secondary N) is 2. The number of thioether (sulfide) groups is 10. The van der Waals surface area contributed by atoms with Gasteiger partial charge in [0.25, 0.3) is 10.5 Å². The third-order valence-corrected chi connectivity index (χ3v) is 14.3. The summed E-state index contributed by atoms with van der Waals surface area (Å²) in [6.45, 7) is 0. The molecule has 0 spiro atoms. The van der Waals surface area contributed by atoms with E-state index in [9.17, 15) is 13.8 Å². The maximum absolute atomic E-state index is 11.9. The Labute approximate surface area is 293 Å². The van der Waals surface area contributed by atoms with Crippen LogP contribution in [0.2, 0.25) is 0 Å². The van der Waals surface area contributed by atoms with Crippen LogP contribution in [0.4, 0.5) is 9.59 Å². The lowest BCUT2D eigenvalue weighted by Gasteiger charge is -2.05. The SMILES string of the molecule is O=C(NCSCCSC/N=C\OOCSCCSCSC(=O)NCSCCSC/N=C\S(=O)CSCO)SCSCO. The molecule has 0 aromatic heterocycles. The molecule has 0 heterocycles. The Hall–Kier alpha value is 1.61. The molecule has 0 saturated heterocycles. The number of aliphatic imine (C=N–C) groups is 2. The van der Waals surface area contributed by atoms with E-state index < -0.39 is 10.8 Å². The van der Waals surface area contributed by atoms with Crippen LogP contribution < -0.4 is 10.6 Å². The monoisotopic (exact) mass is 798 g/mol. The summed E-state index contributed by atoms with van der Waals surface area (Å²) >= 11 is 14.8. The lowest BCUT2D eigenvalue weighted by atomic mass is 11.0. The molecule has 2 amide bonds. The van der Waals surface area contributed by atoms with Crippen molar-refractivity contribution in [3.8, 4) is 0 Å². The largest absolute Gasteiger partial charge is 0.386 e. The van der Waals surface area contributed by atoms with Crippen molar-refractivity contribution >= 4 is 151 Å². The quantitative estimate of drug-likeness (QED) is 0.0191. The van der Waals surface area contributed by atoms with Crippen molar-refractivity contribution in [2.75, 3.05) is 91.1 Å². The van der Waals surface area contributed by atoms with Crippen molar-refractivity contribution < 1.29 is 33.8 Å². The average molecular weight is 799 g/mol. The van der Waals surface area contributed by atoms with E-state index in [-0.39, 0.29) is 22.4 Å². The topological polar surface area (TPSA) is 159 Å². The Bertz CT molecular complexity index is 734. The van der Waals surface area contributed by atoms with Gasteiger partial charge < -0.3 is 25.7 Å². The van der Waals surface area contributed by atoms with E-state index in [0.29, 0.717) is 44.7 Å². The van der Waals surface area contributed by atoms with Crippen molar-refractivity contribution in [2.45, 2.75) is 0 Å². The molecular formula is C20H38N4O7S11. The summed E-state index contributed by atoms with van der Waals surface area (Å²) in [7, 11) is -1.13. The molecule has 42 heavy (non-hydrogen) atoms. The highest BCUT2D eigenvalue weighted by atomic mass is 32.2. The molecule has 0 saturated carbocycles. The van der Waals surface area contributed by atoms with Crippen molar-refractivity contribution in [3.05, 3.63) is 0 Å². The highest BCUT2D eigenvalue weighted by Crippen LogP contribution is 2.16. The van der Waals surface area contributed by atoms with Crippen molar-refractivity contribution in [3.63, 3.8) is 0 Å². The van der Waals surface area contributed by atoms with Gasteiger partial charge in [0.2, 0.25) is 6.40 Å². The van der Waals surface area contributed by atoms with Crippen LogP contribution >= 0.6 is 118 Å². The molecule has 0 rings (SSSR count). The van der Waals surface area contributed by atoms with Crippen molar-refractivity contribution in [2.24, 2.45) is 9.98 Å². The Morgan fingerprint density at radius 1 is 0.714 bits per heavy atom. The first-order valence-electron chi connectivity index (χ1n) is 11.9. The van der Waals surface area contributed by atoms with Gasteiger partial charge in [0.15, 0.2) is 0 Å². The van der Waals surface area contributed by atoms with Crippen LogP contribution in [0.3, 0.4) is 0 Å². The van der Waals surface area contributed by atoms with Crippen LogP contribution in [0.25, 0.3) is 0 Å². The van der Waals surface area contributed by atoms with Crippen LogP contribution in [0.1, 0.15) is 0 Å². The minimum absolute atomic E-state index is 0.0238. The average Bonchev–Trinajstić information content (AvgIpc) is 2.98. The number of aliphatic hydroxyl groups excluding tert-OH is 2. The maximum Gasteiger partial charge on any atom is 0.280 e. The number of hydrogen-bond donors (Lipinski definition) is 4. The molecule has 0 aromatic rings. The predicted octanol–water partition coefficient (Wildman–Crippen LogP) is 5.05. The summed E-state index contributed by atoms with van der Waals surface area (Å²) in [5, 5.41) is 24.5. The van der Waals surface area contributed by atoms with Gasteiger partial charge in [0.05, 0.1) is 61.9 Å². The van der Waals surface area contributed by atoms with Gasteiger partial charge in [-0.1, -0.05) is 23.5 Å². The highest BCUT2D eigenvalue weighted by Gasteiger charge is 2.02. The summed E-state index contributed by atoms with van der Waals surface area (Å²) < 4.78 is 11.5. The number of amides is 2. The van der Waals surface area contributed by atoms with Crippen molar-refractivity contribution in [1.29, 1.82) is 0 Å². The Kier molecular flexibility index (Phi) is 38.5. The fraction of sp³-hybridized carbons (Fsp3) is 0.800. The van der Waals surface area contributed by atoms with E-state index in [1.54, 1.807) is 70.6 Å². The molecule has 11 nitrogen and oxygen atoms in total. The first-order valence-corrected chi connectivity index (χ1v) is 24.5. The van der Waals surface area contributed by atoms with Gasteiger partial charge in [-0.25, -0.2) is 4.99 Å². The zero-order valence-corrected chi connectivity index (χ0v) is 31.8. The standard InChI is InChI=1S/C20H38N4O7S11/c25-13-38-17-41-20(28)24-11-34-3-1-32-8-21-7-30-31-15-36-5-6-37-16-40-19(27)23-10-35-4-2-33-9-22-12-42(29)18-39-14-26/h7,12,25-26H,1-6,8-11,13-18H2,(H,23,27)(H,24,28)/b21-7-,22-12-. The van der Waals surface area contributed by atoms with Gasteiger partial charge in [0, 0.05) is 39.6 Å². The van der Waals surface area contributed by atoms with Gasteiger partial charge >= 0.3 is 0 Å². The summed E-state index contributed by atoms with van der Waals surface area (Å²) in [5.41, 5.74) is 1.43. The fourth-order valence-corrected chi connectivity index (χ4v) is 10.6. The van der Waals surface area contributed by atoms with Gasteiger partial charge in [-0.15, -0.1) is 94.1 Å². The lowest BCUT2D eigenvalue weighted by molar-refractivity contribution is -0.196. The zero-order chi connectivity index (χ0) is 30.8. The molecule has 0 aliphatic carbocycles. The van der Waals surface area contributed by atoms with Gasteiger partial charge in [-0.05, 0) is 0 Å². The summed E-state index contributed by atoms with van der Waals surface area (Å²) in [4.78, 5) is 41.5. The maximum atomic E-state index is 11.9. The van der Waals surface area contributed by atoms with E-state index in [4.69, 9.17) is 20.0 Å². The number of nitrogens with zero attached hydrogens (tertiary/aromatic N) is 2. The molecule has 4 N–H and O–H groups in total. The second-order valence-electron chi connectivity index (χ2n) is 6.52. The van der Waals surface area contributed by atoms with E-state index >= 15 is 0 Å². The van der Waals surface area contributed by atoms with Crippen molar-refractivity contribution in [1.82, 2.24) is 10.6 Å². The Morgan fingerprint density at radius 2 is 1.26 bits per heavy atom. The number of carbonyl (C=O) groups excluding carboxylic acids is 2. The first-order chi connectivity index (χ1) is 20.6. The van der Waals surface area contributed by atoms with E-state index in [2.05, 4.69) is 20.6 Å². The van der Waals surface area contributed by atoms with Crippen LogP contribution in [-0.2, 0) is 20.6 Å². The lowest BCUT2D eigenvalue weighted by Crippen LogP contribution is -2.18. The van der Waals surface area contributed by atoms with Crippen LogP contribution in [-0.4, -0.2) is 128 Å². The summed E-state index contributed by atoms with van der Waals surface area (Å²) in [5.74, 6) is 8.06. The molecule has 0 aromatic carbocycles. The number of rotatable bonds is 30. The number of aliphatic hydroxyl groups is 2. The second-order valence-corrected chi connectivity index (χ2v) is 19.2. The van der Waals surface area contributed by atoms with E-state index in [1.165, 1.54) is 47.2 Å². The van der Waals surface area contributed by atoms with Gasteiger partial charge in [0.1, 0.15) is 5.94 Å². The van der Waals surface area contributed by atoms with Gasteiger partial charge in [-0.2, -0.15) is 4.89 Å². The summed E-state index contributed by atoms with van der Waals surface area (Å²) in [6.07, 6.45) is 1.30. The number of carbonyl (C=O) groups is 2. The molecule has 22 heteroatoms. The third-order valence-electron chi connectivity index (χ3n) is 3.52. The molecule has 0 aliphatic rings. The highest BCUT2D eigenvalue weighted by molar-refractivity contribution is 8.24. The minimum Gasteiger partial charge on any atom is -0.386 e. The smallest absolute Gasteiger partial charge is 0.280 e. The molecule has 1 unspecified atom stereocenters. The molecular weight excluding hydrogens is 761 g/mol. The van der Waals surface area contributed by atoms with Crippen LogP contribution in [0.15, 0.2) is 9.98 Å².